The van der Waals surface area contributed by atoms with Crippen LogP contribution < -0.4 is 11.1 Å². The number of nitriles is 1. The predicted octanol–water partition coefficient (Wildman–Crippen LogP) is 4.93. The number of benzene rings is 1. The highest BCUT2D eigenvalue weighted by Crippen LogP contribution is 2.37. The van der Waals surface area contributed by atoms with E-state index < -0.39 is 17.6 Å². The summed E-state index contributed by atoms with van der Waals surface area (Å²) in [7, 11) is 0. The van der Waals surface area contributed by atoms with E-state index in [1.807, 2.05) is 13.0 Å². The second-order valence-corrected chi connectivity index (χ2v) is 8.14. The Hall–Kier alpha value is -3.54. The van der Waals surface area contributed by atoms with Crippen molar-refractivity contribution in [1.82, 2.24) is 9.55 Å². The monoisotopic (exact) mass is 441 g/mol. The molecule has 0 radical (unpaired) electrons. The third-order valence-electron chi connectivity index (χ3n) is 6.07. The molecule has 0 unspecified atom stereocenters. The van der Waals surface area contributed by atoms with Gasteiger partial charge in [-0.3, -0.25) is 4.79 Å². The van der Waals surface area contributed by atoms with Gasteiger partial charge in [-0.2, -0.15) is 18.4 Å². The van der Waals surface area contributed by atoms with E-state index in [0.717, 1.165) is 48.5 Å². The second-order valence-electron chi connectivity index (χ2n) is 8.14. The largest absolute Gasteiger partial charge is 0.417 e. The normalized spacial score (nSPS) is 19.0. The number of hydrogen-bond acceptors (Lipinski definition) is 4. The zero-order valence-corrected chi connectivity index (χ0v) is 17.4. The first-order valence-corrected chi connectivity index (χ1v) is 10.3. The van der Waals surface area contributed by atoms with Crippen molar-refractivity contribution in [2.45, 2.75) is 50.9 Å². The Kier molecular flexibility index (Phi) is 5.55. The Morgan fingerprint density at radius 3 is 2.56 bits per heavy atom. The van der Waals surface area contributed by atoms with Gasteiger partial charge in [0.15, 0.2) is 0 Å². The van der Waals surface area contributed by atoms with Crippen molar-refractivity contribution in [1.29, 1.82) is 5.26 Å². The number of nitrogens with zero attached hydrogens (tertiary/aromatic N) is 3. The molecule has 0 saturated heterocycles. The van der Waals surface area contributed by atoms with Crippen molar-refractivity contribution < 1.29 is 18.0 Å². The minimum absolute atomic E-state index is 0.0246. The number of primary amides is 1. The van der Waals surface area contributed by atoms with E-state index >= 15 is 0 Å². The fourth-order valence-electron chi connectivity index (χ4n) is 4.60. The van der Waals surface area contributed by atoms with Gasteiger partial charge >= 0.3 is 6.18 Å². The zero-order valence-electron chi connectivity index (χ0n) is 17.4. The van der Waals surface area contributed by atoms with Crippen LogP contribution in [-0.2, 0) is 6.18 Å². The number of fused-ring (bicyclic) bond motifs is 1. The molecule has 32 heavy (non-hydrogen) atoms. The summed E-state index contributed by atoms with van der Waals surface area (Å²) in [6.45, 7) is 1.96. The summed E-state index contributed by atoms with van der Waals surface area (Å²) in [6.07, 6.45) is 0.153. The van der Waals surface area contributed by atoms with E-state index in [4.69, 9.17) is 11.0 Å². The van der Waals surface area contributed by atoms with Crippen LogP contribution in [0.25, 0.3) is 11.0 Å². The van der Waals surface area contributed by atoms with Gasteiger partial charge in [-0.1, -0.05) is 0 Å². The van der Waals surface area contributed by atoms with Gasteiger partial charge in [-0.15, -0.1) is 0 Å². The first kappa shape index (κ1) is 21.7. The summed E-state index contributed by atoms with van der Waals surface area (Å²) in [4.78, 5) is 16.2. The van der Waals surface area contributed by atoms with Gasteiger partial charge in [0.25, 0.3) is 0 Å². The minimum Gasteiger partial charge on any atom is -0.382 e. The number of rotatable bonds is 4. The quantitative estimate of drug-likeness (QED) is 0.600. The van der Waals surface area contributed by atoms with Crippen LogP contribution in [0.1, 0.15) is 58.9 Å². The van der Waals surface area contributed by atoms with Crippen LogP contribution in [0, 0.1) is 18.3 Å². The number of aryl methyl sites for hydroxylation is 1. The van der Waals surface area contributed by atoms with Crippen LogP contribution in [0.5, 0.6) is 0 Å². The number of alkyl halides is 3. The van der Waals surface area contributed by atoms with Crippen LogP contribution in [0.2, 0.25) is 0 Å². The van der Waals surface area contributed by atoms with Crippen LogP contribution in [0.15, 0.2) is 36.5 Å². The fourth-order valence-corrected chi connectivity index (χ4v) is 4.60. The lowest BCUT2D eigenvalue weighted by Gasteiger charge is -2.32. The standard InChI is InChI=1S/C23H22F3N5O/c1-13-10-19-18(21(28)32)8-9-29-22(19)31(13)17-6-4-15(5-7-17)30-16-3-2-14(12-27)20(11-16)23(24,25)26/h2-3,8-11,15,17,30H,4-7H2,1H3,(H2,28,32). The van der Waals surface area contributed by atoms with Crippen molar-refractivity contribution >= 4 is 22.6 Å². The zero-order chi connectivity index (χ0) is 23.0. The van der Waals surface area contributed by atoms with Crippen LogP contribution in [0.4, 0.5) is 18.9 Å². The van der Waals surface area contributed by atoms with E-state index in [2.05, 4.69) is 14.9 Å². The lowest BCUT2D eigenvalue weighted by atomic mass is 9.90. The number of carbonyl (C=O) groups excluding carboxylic acids is 1. The van der Waals surface area contributed by atoms with Crippen molar-refractivity contribution in [2.75, 3.05) is 5.32 Å². The van der Waals surface area contributed by atoms with E-state index in [1.54, 1.807) is 18.3 Å². The fraction of sp³-hybridized carbons (Fsp3) is 0.348. The Labute approximate surface area is 182 Å². The Morgan fingerprint density at radius 1 is 1.22 bits per heavy atom. The molecule has 3 N–H and O–H groups in total. The molecule has 1 amide bonds. The molecule has 0 aliphatic heterocycles. The lowest BCUT2D eigenvalue weighted by Crippen LogP contribution is -2.28. The molecule has 166 valence electrons. The highest BCUT2D eigenvalue weighted by atomic mass is 19.4. The van der Waals surface area contributed by atoms with E-state index in [1.165, 1.54) is 12.1 Å². The molecule has 9 heteroatoms. The highest BCUT2D eigenvalue weighted by Gasteiger charge is 2.34. The number of nitrogens with one attached hydrogen (secondary N) is 1. The van der Waals surface area contributed by atoms with Gasteiger partial charge in [-0.05, 0) is 62.9 Å². The Bertz CT molecular complexity index is 1220. The number of amides is 1. The number of carbonyl (C=O) groups is 1. The summed E-state index contributed by atoms with van der Waals surface area (Å²) in [5.41, 5.74) is 6.68. The number of nitrogens with two attached hydrogens (primary N) is 1. The van der Waals surface area contributed by atoms with Crippen LogP contribution in [0.3, 0.4) is 0 Å². The Morgan fingerprint density at radius 2 is 1.94 bits per heavy atom. The van der Waals surface area contributed by atoms with Crippen molar-refractivity contribution in [2.24, 2.45) is 5.73 Å². The lowest BCUT2D eigenvalue weighted by molar-refractivity contribution is -0.137. The highest BCUT2D eigenvalue weighted by molar-refractivity contribution is 6.05. The summed E-state index contributed by atoms with van der Waals surface area (Å²) >= 11 is 0. The van der Waals surface area contributed by atoms with Gasteiger partial charge in [0.2, 0.25) is 5.91 Å². The first-order chi connectivity index (χ1) is 15.2. The Balaban J connectivity index is 1.50. The van der Waals surface area contributed by atoms with Gasteiger partial charge in [0.1, 0.15) is 5.65 Å². The van der Waals surface area contributed by atoms with Gasteiger partial charge < -0.3 is 15.6 Å². The van der Waals surface area contributed by atoms with E-state index in [9.17, 15) is 18.0 Å². The van der Waals surface area contributed by atoms with Crippen LogP contribution >= 0.6 is 0 Å². The second kappa shape index (κ2) is 8.19. The third-order valence-corrected chi connectivity index (χ3v) is 6.07. The number of hydrogen-bond donors (Lipinski definition) is 2. The first-order valence-electron chi connectivity index (χ1n) is 10.3. The maximum absolute atomic E-state index is 13.2. The summed E-state index contributed by atoms with van der Waals surface area (Å²) in [5, 5.41) is 12.9. The topological polar surface area (TPSA) is 96.7 Å². The summed E-state index contributed by atoms with van der Waals surface area (Å²) in [6, 6.07) is 9.05. The number of anilines is 1. The van der Waals surface area contributed by atoms with Crippen molar-refractivity contribution in [3.63, 3.8) is 0 Å². The van der Waals surface area contributed by atoms with E-state index in [0.29, 0.717) is 11.3 Å². The van der Waals surface area contributed by atoms with Gasteiger partial charge in [0, 0.05) is 35.0 Å². The molecule has 0 atom stereocenters. The van der Waals surface area contributed by atoms with Crippen molar-refractivity contribution in [3.8, 4) is 6.07 Å². The number of pyridine rings is 1. The average Bonchev–Trinajstić information content (AvgIpc) is 3.09. The van der Waals surface area contributed by atoms with Gasteiger partial charge in [0.05, 0.1) is 22.8 Å². The molecule has 1 saturated carbocycles. The predicted molar refractivity (Wildman–Crippen MR) is 114 cm³/mol. The van der Waals surface area contributed by atoms with E-state index in [-0.39, 0.29) is 17.6 Å². The third kappa shape index (κ3) is 4.00. The maximum atomic E-state index is 13.2. The molecule has 1 aliphatic rings. The molecule has 2 heterocycles. The molecule has 3 aromatic rings. The molecule has 0 spiro atoms. The molecule has 4 rings (SSSR count). The molecule has 0 bridgehead atoms. The smallest absolute Gasteiger partial charge is 0.382 e. The SMILES string of the molecule is Cc1cc2c(C(N)=O)ccnc2n1C1CCC(Nc2ccc(C#N)c(C(F)(F)F)c2)CC1. The average molecular weight is 441 g/mol. The number of aromatic nitrogens is 2. The molecule has 1 aromatic carbocycles. The maximum Gasteiger partial charge on any atom is 0.417 e. The molecule has 2 aromatic heterocycles. The minimum atomic E-state index is -4.58. The number of halogens is 3. The van der Waals surface area contributed by atoms with Crippen molar-refractivity contribution in [3.05, 3.63) is 58.9 Å². The molecule has 6 nitrogen and oxygen atoms in total. The molecular weight excluding hydrogens is 419 g/mol. The van der Waals surface area contributed by atoms with Crippen LogP contribution in [-0.4, -0.2) is 21.5 Å². The molecule has 1 fully saturated rings. The summed E-state index contributed by atoms with van der Waals surface area (Å²) in [5.74, 6) is -0.497. The summed E-state index contributed by atoms with van der Waals surface area (Å²) < 4.78 is 41.8. The van der Waals surface area contributed by atoms with Gasteiger partial charge in [-0.25, -0.2) is 4.98 Å². The molecule has 1 aliphatic carbocycles. The molecular formula is C23H22F3N5O.